The maximum atomic E-state index is 9.72. The van der Waals surface area contributed by atoms with Crippen molar-refractivity contribution >= 4 is 0 Å². The van der Waals surface area contributed by atoms with Crippen LogP contribution in [-0.4, -0.2) is 30.5 Å². The smallest absolute Gasteiger partial charge is 0.0733 e. The molecule has 1 aliphatic heterocycles. The van der Waals surface area contributed by atoms with Crippen LogP contribution in [0.1, 0.15) is 12.8 Å². The van der Waals surface area contributed by atoms with Crippen LogP contribution < -0.4 is 10.6 Å². The molecule has 3 N–H and O–H groups in total. The summed E-state index contributed by atoms with van der Waals surface area (Å²) in [5.74, 6) is 0.537. The molecule has 0 aromatic carbocycles. The molecule has 2 rings (SSSR count). The number of hydrogen-bond donors (Lipinski definition) is 3. The Bertz CT molecular complexity index is 193. The van der Waals surface area contributed by atoms with Crippen LogP contribution in [0.5, 0.6) is 0 Å². The van der Waals surface area contributed by atoms with Gasteiger partial charge in [-0.2, -0.15) is 0 Å². The standard InChI is InChI=1S/C9H16N2O/c1-6-2-7-4-10-5-11-9(7)8(12)3-6/h7-12H,1-5H2. The van der Waals surface area contributed by atoms with Crippen molar-refractivity contribution in [1.29, 1.82) is 0 Å². The average Bonchev–Trinajstić information content (AvgIpc) is 2.04. The van der Waals surface area contributed by atoms with Gasteiger partial charge in [0.15, 0.2) is 0 Å². The molecule has 1 aliphatic carbocycles. The molecular formula is C9H16N2O. The molecule has 2 fully saturated rings. The Morgan fingerprint density at radius 2 is 2.25 bits per heavy atom. The maximum Gasteiger partial charge on any atom is 0.0733 e. The molecule has 3 nitrogen and oxygen atoms in total. The van der Waals surface area contributed by atoms with Crippen LogP contribution in [0.4, 0.5) is 0 Å². The van der Waals surface area contributed by atoms with E-state index in [1.165, 1.54) is 5.57 Å². The van der Waals surface area contributed by atoms with E-state index in [1.807, 2.05) is 0 Å². The summed E-state index contributed by atoms with van der Waals surface area (Å²) >= 11 is 0. The largest absolute Gasteiger partial charge is 0.391 e. The monoisotopic (exact) mass is 168 g/mol. The Balaban J connectivity index is 2.06. The van der Waals surface area contributed by atoms with Gasteiger partial charge < -0.3 is 10.4 Å². The van der Waals surface area contributed by atoms with Gasteiger partial charge in [-0.25, -0.2) is 0 Å². The minimum atomic E-state index is -0.224. The van der Waals surface area contributed by atoms with Gasteiger partial charge in [-0.15, -0.1) is 0 Å². The molecule has 0 aromatic heterocycles. The number of hydrogen-bond acceptors (Lipinski definition) is 3. The van der Waals surface area contributed by atoms with Gasteiger partial charge in [-0.3, -0.25) is 5.32 Å². The van der Waals surface area contributed by atoms with Crippen LogP contribution in [0.2, 0.25) is 0 Å². The SMILES string of the molecule is C=C1CC(O)C2NCNCC2C1. The highest BCUT2D eigenvalue weighted by Crippen LogP contribution is 2.28. The van der Waals surface area contributed by atoms with Gasteiger partial charge in [0.2, 0.25) is 0 Å². The lowest BCUT2D eigenvalue weighted by Crippen LogP contribution is -2.58. The zero-order chi connectivity index (χ0) is 8.55. The lowest BCUT2D eigenvalue weighted by molar-refractivity contribution is 0.0634. The van der Waals surface area contributed by atoms with Crippen molar-refractivity contribution in [1.82, 2.24) is 10.6 Å². The van der Waals surface area contributed by atoms with Crippen LogP contribution >= 0.6 is 0 Å². The van der Waals surface area contributed by atoms with Crippen molar-refractivity contribution < 1.29 is 5.11 Å². The summed E-state index contributed by atoms with van der Waals surface area (Å²) in [6.07, 6.45) is 1.61. The highest BCUT2D eigenvalue weighted by atomic mass is 16.3. The molecular weight excluding hydrogens is 152 g/mol. The Morgan fingerprint density at radius 1 is 1.42 bits per heavy atom. The molecule has 0 amide bonds. The van der Waals surface area contributed by atoms with Gasteiger partial charge in [0.1, 0.15) is 0 Å². The topological polar surface area (TPSA) is 44.3 Å². The Kier molecular flexibility index (Phi) is 2.17. The van der Waals surface area contributed by atoms with Gasteiger partial charge in [0.25, 0.3) is 0 Å². The molecule has 3 heteroatoms. The third-order valence-electron chi connectivity index (χ3n) is 2.84. The van der Waals surface area contributed by atoms with E-state index in [9.17, 15) is 5.11 Å². The number of aliphatic hydroxyl groups is 1. The molecule has 1 saturated carbocycles. The zero-order valence-corrected chi connectivity index (χ0v) is 7.21. The first-order valence-corrected chi connectivity index (χ1v) is 4.56. The fourth-order valence-electron chi connectivity index (χ4n) is 2.27. The summed E-state index contributed by atoms with van der Waals surface area (Å²) in [6.45, 7) is 5.77. The lowest BCUT2D eigenvalue weighted by Gasteiger charge is -2.40. The van der Waals surface area contributed by atoms with Gasteiger partial charge in [0, 0.05) is 19.3 Å². The highest BCUT2D eigenvalue weighted by molar-refractivity contribution is 5.08. The molecule has 0 bridgehead atoms. The molecule has 1 saturated heterocycles. The molecule has 68 valence electrons. The number of nitrogens with one attached hydrogen (secondary N) is 2. The second kappa shape index (κ2) is 3.17. The minimum absolute atomic E-state index is 0.224. The van der Waals surface area contributed by atoms with E-state index in [2.05, 4.69) is 17.2 Å². The van der Waals surface area contributed by atoms with Crippen molar-refractivity contribution in [3.8, 4) is 0 Å². The van der Waals surface area contributed by atoms with Crippen molar-refractivity contribution in [2.45, 2.75) is 25.0 Å². The maximum absolute atomic E-state index is 9.72. The van der Waals surface area contributed by atoms with E-state index in [-0.39, 0.29) is 12.1 Å². The number of fused-ring (bicyclic) bond motifs is 1. The normalized spacial score (nSPS) is 42.4. The predicted octanol–water partition coefficient (Wildman–Crippen LogP) is -0.168. The van der Waals surface area contributed by atoms with Crippen LogP contribution in [0, 0.1) is 5.92 Å². The number of rotatable bonds is 0. The van der Waals surface area contributed by atoms with Crippen LogP contribution in [-0.2, 0) is 0 Å². The van der Waals surface area contributed by atoms with E-state index in [1.54, 1.807) is 0 Å². The van der Waals surface area contributed by atoms with Crippen molar-refractivity contribution in [3.05, 3.63) is 12.2 Å². The van der Waals surface area contributed by atoms with E-state index in [0.717, 1.165) is 26.1 Å². The summed E-state index contributed by atoms with van der Waals surface area (Å²) in [4.78, 5) is 0. The van der Waals surface area contributed by atoms with Crippen LogP contribution in [0.3, 0.4) is 0 Å². The number of aliphatic hydroxyl groups excluding tert-OH is 1. The lowest BCUT2D eigenvalue weighted by atomic mass is 9.79. The molecule has 0 spiro atoms. The van der Waals surface area contributed by atoms with Gasteiger partial charge in [0.05, 0.1) is 6.10 Å². The van der Waals surface area contributed by atoms with E-state index in [4.69, 9.17) is 0 Å². The minimum Gasteiger partial charge on any atom is -0.391 e. The quantitative estimate of drug-likeness (QED) is 0.440. The van der Waals surface area contributed by atoms with Gasteiger partial charge in [-0.1, -0.05) is 12.2 Å². The molecule has 12 heavy (non-hydrogen) atoms. The zero-order valence-electron chi connectivity index (χ0n) is 7.21. The fourth-order valence-corrected chi connectivity index (χ4v) is 2.27. The Labute approximate surface area is 72.9 Å². The summed E-state index contributed by atoms with van der Waals surface area (Å²) in [6, 6.07) is 0.289. The van der Waals surface area contributed by atoms with Crippen molar-refractivity contribution in [2.24, 2.45) is 5.92 Å². The molecule has 2 aliphatic rings. The predicted molar refractivity (Wildman–Crippen MR) is 47.7 cm³/mol. The third-order valence-corrected chi connectivity index (χ3v) is 2.84. The highest BCUT2D eigenvalue weighted by Gasteiger charge is 2.34. The first-order chi connectivity index (χ1) is 5.77. The second-order valence-corrected chi connectivity index (χ2v) is 3.85. The van der Waals surface area contributed by atoms with Crippen molar-refractivity contribution in [3.63, 3.8) is 0 Å². The average molecular weight is 168 g/mol. The summed E-state index contributed by atoms with van der Waals surface area (Å²) in [5, 5.41) is 16.3. The first-order valence-electron chi connectivity index (χ1n) is 4.56. The van der Waals surface area contributed by atoms with E-state index in [0.29, 0.717) is 5.92 Å². The molecule has 0 radical (unpaired) electrons. The summed E-state index contributed by atoms with van der Waals surface area (Å²) in [7, 11) is 0. The molecule has 1 heterocycles. The van der Waals surface area contributed by atoms with Crippen LogP contribution in [0.25, 0.3) is 0 Å². The fraction of sp³-hybridized carbons (Fsp3) is 0.778. The summed E-state index contributed by atoms with van der Waals surface area (Å²) in [5.41, 5.74) is 1.19. The van der Waals surface area contributed by atoms with Gasteiger partial charge in [-0.05, 0) is 18.8 Å². The molecule has 0 aromatic rings. The van der Waals surface area contributed by atoms with Crippen LogP contribution in [0.15, 0.2) is 12.2 Å². The molecule has 3 unspecified atom stereocenters. The van der Waals surface area contributed by atoms with Gasteiger partial charge >= 0.3 is 0 Å². The first kappa shape index (κ1) is 8.23. The third kappa shape index (κ3) is 1.40. The second-order valence-electron chi connectivity index (χ2n) is 3.85. The van der Waals surface area contributed by atoms with E-state index < -0.39 is 0 Å². The Morgan fingerprint density at radius 3 is 3.08 bits per heavy atom. The molecule has 3 atom stereocenters. The summed E-state index contributed by atoms with van der Waals surface area (Å²) < 4.78 is 0. The van der Waals surface area contributed by atoms with Crippen molar-refractivity contribution in [2.75, 3.05) is 13.2 Å². The Hall–Kier alpha value is -0.380. The van der Waals surface area contributed by atoms with E-state index >= 15 is 0 Å².